The molecule has 150 valence electrons. The summed E-state index contributed by atoms with van der Waals surface area (Å²) in [5.41, 5.74) is 2.13. The number of fused-ring (bicyclic) bond motifs is 1. The summed E-state index contributed by atoms with van der Waals surface area (Å²) in [6.45, 7) is 2.00. The van der Waals surface area contributed by atoms with E-state index in [0.29, 0.717) is 23.8 Å². The number of hydrogen-bond donors (Lipinski definition) is 0. The number of nitrogens with zero attached hydrogens (tertiary/aromatic N) is 4. The van der Waals surface area contributed by atoms with Gasteiger partial charge in [-0.25, -0.2) is 4.68 Å². The summed E-state index contributed by atoms with van der Waals surface area (Å²) >= 11 is 6.10. The Labute approximate surface area is 175 Å². The summed E-state index contributed by atoms with van der Waals surface area (Å²) in [4.78, 5) is 19.3. The van der Waals surface area contributed by atoms with E-state index in [9.17, 15) is 4.79 Å². The fourth-order valence-electron chi connectivity index (χ4n) is 3.89. The number of hydrogen-bond acceptors (Lipinski definition) is 4. The third-order valence-electron chi connectivity index (χ3n) is 5.31. The maximum Gasteiger partial charge on any atom is 0.231 e. The molecule has 2 heterocycles. The summed E-state index contributed by atoms with van der Waals surface area (Å²) in [5.74, 6) is 1.43. The lowest BCUT2D eigenvalue weighted by molar-refractivity contribution is -0.119. The zero-order valence-corrected chi connectivity index (χ0v) is 17.2. The molecule has 0 bridgehead atoms. The quantitative estimate of drug-likeness (QED) is 0.605. The number of benzene rings is 2. The summed E-state index contributed by atoms with van der Waals surface area (Å²) < 4.78 is 7.14. The molecule has 3 aromatic rings. The molecule has 0 unspecified atom stereocenters. The number of aromatic nitrogens is 3. The molecule has 0 fully saturated rings. The number of ether oxygens (including phenoxy) is 1. The summed E-state index contributed by atoms with van der Waals surface area (Å²) in [5, 5.41) is 5.12. The van der Waals surface area contributed by atoms with Gasteiger partial charge in [0.15, 0.2) is 0 Å². The lowest BCUT2D eigenvalue weighted by atomic mass is 9.91. The maximum atomic E-state index is 13.0. The lowest BCUT2D eigenvalue weighted by Crippen LogP contribution is -2.42. The van der Waals surface area contributed by atoms with Gasteiger partial charge in [-0.15, -0.1) is 0 Å². The van der Waals surface area contributed by atoms with Gasteiger partial charge in [-0.05, 0) is 48.2 Å². The first-order chi connectivity index (χ1) is 14.1. The fraction of sp³-hybridized carbons (Fsp3) is 0.318. The van der Waals surface area contributed by atoms with E-state index >= 15 is 0 Å². The van der Waals surface area contributed by atoms with Gasteiger partial charge in [-0.2, -0.15) is 10.1 Å². The Morgan fingerprint density at radius 1 is 1.10 bits per heavy atom. The van der Waals surface area contributed by atoms with Crippen LogP contribution in [0.15, 0.2) is 54.9 Å². The average molecular weight is 411 g/mol. The largest absolute Gasteiger partial charge is 0.497 e. The number of methoxy groups -OCH3 is 1. The van der Waals surface area contributed by atoms with Crippen molar-refractivity contribution < 1.29 is 9.53 Å². The van der Waals surface area contributed by atoms with Gasteiger partial charge in [0.2, 0.25) is 11.9 Å². The topological polar surface area (TPSA) is 60.2 Å². The molecule has 1 amide bonds. The van der Waals surface area contributed by atoms with Crippen LogP contribution < -0.4 is 9.64 Å². The van der Waals surface area contributed by atoms with Crippen LogP contribution in [0, 0.1) is 0 Å². The molecular weight excluding hydrogens is 388 g/mol. The summed E-state index contributed by atoms with van der Waals surface area (Å²) in [6, 6.07) is 15.5. The summed E-state index contributed by atoms with van der Waals surface area (Å²) in [6.07, 6.45) is 3.45. The van der Waals surface area contributed by atoms with Gasteiger partial charge in [0.05, 0.1) is 19.2 Å². The first kappa shape index (κ1) is 19.5. The van der Waals surface area contributed by atoms with Crippen molar-refractivity contribution in [2.75, 3.05) is 12.0 Å². The van der Waals surface area contributed by atoms with Crippen molar-refractivity contribution in [1.82, 2.24) is 14.8 Å². The zero-order valence-electron chi connectivity index (χ0n) is 16.5. The lowest BCUT2D eigenvalue weighted by Gasteiger charge is -2.39. The number of halogens is 1. The predicted molar refractivity (Wildman–Crippen MR) is 112 cm³/mol. The molecule has 29 heavy (non-hydrogen) atoms. The molecule has 4 rings (SSSR count). The van der Waals surface area contributed by atoms with Crippen LogP contribution in [-0.4, -0.2) is 27.8 Å². The molecule has 0 aliphatic carbocycles. The highest BCUT2D eigenvalue weighted by Crippen LogP contribution is 2.42. The Balaban J connectivity index is 1.79. The molecule has 0 radical (unpaired) electrons. The van der Waals surface area contributed by atoms with Gasteiger partial charge in [-0.1, -0.05) is 42.8 Å². The minimum atomic E-state index is -0.143. The molecule has 2 atom stereocenters. The van der Waals surface area contributed by atoms with Gasteiger partial charge in [-0.3, -0.25) is 9.69 Å². The minimum absolute atomic E-state index is 0.0373. The first-order valence-corrected chi connectivity index (χ1v) is 10.1. The SMILES string of the molecule is CCCC(=O)N1c2ncnn2[C@@H](c2ccc(OC)cc2)C[C@@H]1c1ccc(Cl)cc1. The number of amides is 1. The summed E-state index contributed by atoms with van der Waals surface area (Å²) in [7, 11) is 1.65. The highest BCUT2D eigenvalue weighted by molar-refractivity contribution is 6.30. The van der Waals surface area contributed by atoms with Gasteiger partial charge in [0, 0.05) is 11.4 Å². The second-order valence-electron chi connectivity index (χ2n) is 7.11. The smallest absolute Gasteiger partial charge is 0.231 e. The van der Waals surface area contributed by atoms with E-state index in [1.807, 2.05) is 60.1 Å². The number of carbonyl (C=O) groups is 1. The Kier molecular flexibility index (Phi) is 5.53. The second-order valence-corrected chi connectivity index (χ2v) is 7.55. The van der Waals surface area contributed by atoms with E-state index in [2.05, 4.69) is 10.1 Å². The predicted octanol–water partition coefficient (Wildman–Crippen LogP) is 4.81. The van der Waals surface area contributed by atoms with Gasteiger partial charge < -0.3 is 4.74 Å². The molecule has 1 aliphatic rings. The van der Waals surface area contributed by atoms with Crippen molar-refractivity contribution >= 4 is 23.5 Å². The minimum Gasteiger partial charge on any atom is -0.497 e. The van der Waals surface area contributed by atoms with Crippen LogP contribution in [0.5, 0.6) is 5.75 Å². The van der Waals surface area contributed by atoms with Crippen LogP contribution in [-0.2, 0) is 4.79 Å². The Bertz CT molecular complexity index is 985. The van der Waals surface area contributed by atoms with Crippen molar-refractivity contribution in [1.29, 1.82) is 0 Å². The molecule has 0 saturated carbocycles. The molecular formula is C22H23ClN4O2. The molecule has 1 aromatic heterocycles. The second kappa shape index (κ2) is 8.25. The van der Waals surface area contributed by atoms with Gasteiger partial charge in [0.25, 0.3) is 0 Å². The van der Waals surface area contributed by atoms with Crippen molar-refractivity contribution in [2.24, 2.45) is 0 Å². The van der Waals surface area contributed by atoms with E-state index in [1.165, 1.54) is 6.33 Å². The molecule has 2 aromatic carbocycles. The van der Waals surface area contributed by atoms with E-state index < -0.39 is 0 Å². The van der Waals surface area contributed by atoms with Crippen LogP contribution in [0.3, 0.4) is 0 Å². The van der Waals surface area contributed by atoms with Crippen molar-refractivity contribution in [2.45, 2.75) is 38.3 Å². The number of carbonyl (C=O) groups excluding carboxylic acids is 1. The third-order valence-corrected chi connectivity index (χ3v) is 5.56. The fourth-order valence-corrected chi connectivity index (χ4v) is 4.01. The van der Waals surface area contributed by atoms with E-state index in [4.69, 9.17) is 16.3 Å². The van der Waals surface area contributed by atoms with Gasteiger partial charge >= 0.3 is 0 Å². The molecule has 0 spiro atoms. The van der Waals surface area contributed by atoms with Crippen molar-refractivity contribution in [3.8, 4) is 5.75 Å². The Morgan fingerprint density at radius 3 is 2.41 bits per heavy atom. The van der Waals surface area contributed by atoms with E-state index in [-0.39, 0.29) is 18.0 Å². The Hall–Kier alpha value is -2.86. The molecule has 1 aliphatic heterocycles. The number of rotatable bonds is 5. The van der Waals surface area contributed by atoms with E-state index in [0.717, 1.165) is 23.3 Å². The maximum absolute atomic E-state index is 13.0. The van der Waals surface area contributed by atoms with Gasteiger partial charge in [0.1, 0.15) is 12.1 Å². The van der Waals surface area contributed by atoms with Crippen LogP contribution in [0.2, 0.25) is 5.02 Å². The van der Waals surface area contributed by atoms with Crippen molar-refractivity contribution in [3.63, 3.8) is 0 Å². The monoisotopic (exact) mass is 410 g/mol. The highest BCUT2D eigenvalue weighted by atomic mass is 35.5. The molecule has 7 heteroatoms. The molecule has 0 N–H and O–H groups in total. The highest BCUT2D eigenvalue weighted by Gasteiger charge is 2.38. The normalized spacial score (nSPS) is 18.4. The number of anilines is 1. The van der Waals surface area contributed by atoms with Crippen LogP contribution in [0.1, 0.15) is 49.4 Å². The Morgan fingerprint density at radius 2 is 1.76 bits per heavy atom. The standard InChI is InChI=1S/C22H23ClN4O2/c1-3-4-21(28)26-19(15-5-9-17(23)10-6-15)13-20(27-22(26)24-14-25-27)16-7-11-18(29-2)12-8-16/h5-12,14,19-20H,3-4,13H2,1-2H3/t19-,20-/m1/s1. The third kappa shape index (κ3) is 3.72. The van der Waals surface area contributed by atoms with Crippen LogP contribution in [0.25, 0.3) is 0 Å². The van der Waals surface area contributed by atoms with Crippen molar-refractivity contribution in [3.05, 3.63) is 71.0 Å². The molecule has 0 saturated heterocycles. The zero-order chi connectivity index (χ0) is 20.4. The average Bonchev–Trinajstić information content (AvgIpc) is 3.23. The van der Waals surface area contributed by atoms with Crippen LogP contribution in [0.4, 0.5) is 5.95 Å². The van der Waals surface area contributed by atoms with Crippen LogP contribution >= 0.6 is 11.6 Å². The first-order valence-electron chi connectivity index (χ1n) is 9.73. The van der Waals surface area contributed by atoms with E-state index in [1.54, 1.807) is 12.0 Å². The molecule has 6 nitrogen and oxygen atoms in total.